The smallest absolute Gasteiger partial charge is 0.247 e. The third-order valence-electron chi connectivity index (χ3n) is 11.6. The number of furan rings is 1. The Hall–Kier alpha value is -6.46. The largest absolute Gasteiger partial charge is 0.469 e. The van der Waals surface area contributed by atoms with Crippen LogP contribution in [0, 0.1) is 6.92 Å². The van der Waals surface area contributed by atoms with Crippen molar-refractivity contribution >= 4 is 84.4 Å². The highest BCUT2D eigenvalue weighted by atomic mass is 16.3. The zero-order chi connectivity index (χ0) is 36.6. The van der Waals surface area contributed by atoms with Crippen LogP contribution in [0.15, 0.2) is 150 Å². The van der Waals surface area contributed by atoms with E-state index in [1.165, 1.54) is 74.0 Å². The van der Waals surface area contributed by atoms with Crippen molar-refractivity contribution in [1.82, 2.24) is 9.13 Å². The van der Waals surface area contributed by atoms with Crippen LogP contribution in [0.2, 0.25) is 0 Å². The second-order valence-corrected chi connectivity index (χ2v) is 15.1. The molecule has 11 rings (SSSR count). The summed E-state index contributed by atoms with van der Waals surface area (Å²) in [5.41, 5.74) is 17.0. The number of anilines is 2. The van der Waals surface area contributed by atoms with E-state index in [4.69, 9.17) is 4.42 Å². The molecule has 55 heavy (non-hydrogen) atoms. The Kier molecular flexibility index (Phi) is 7.31. The molecule has 0 amide bonds. The zero-order valence-corrected chi connectivity index (χ0v) is 31.1. The molecule has 1 aliphatic rings. The molecule has 0 unspecified atom stereocenters. The van der Waals surface area contributed by atoms with Crippen LogP contribution in [-0.2, 0) is 6.42 Å². The number of aryl methyl sites for hydroxylation is 2. The highest BCUT2D eigenvalue weighted by Gasteiger charge is 2.33. The lowest BCUT2D eigenvalue weighted by Gasteiger charge is -2.23. The van der Waals surface area contributed by atoms with Gasteiger partial charge in [0.15, 0.2) is 0 Å². The highest BCUT2D eigenvalue weighted by Crippen LogP contribution is 2.44. The van der Waals surface area contributed by atoms with Crippen LogP contribution in [0.4, 0.5) is 11.4 Å². The number of hydrogen-bond acceptors (Lipinski definition) is 2. The highest BCUT2D eigenvalue weighted by molar-refractivity contribution is 6.73. The van der Waals surface area contributed by atoms with E-state index in [9.17, 15) is 0 Å². The summed E-state index contributed by atoms with van der Waals surface area (Å²) < 4.78 is 11.7. The van der Waals surface area contributed by atoms with Gasteiger partial charge in [0.2, 0.25) is 7.28 Å². The Bertz CT molecular complexity index is 3070. The summed E-state index contributed by atoms with van der Waals surface area (Å²) in [4.78, 5) is 0. The van der Waals surface area contributed by atoms with Gasteiger partial charge in [0, 0.05) is 43.9 Å². The fourth-order valence-electron chi connectivity index (χ4n) is 9.12. The average molecular weight is 709 g/mol. The maximum Gasteiger partial charge on any atom is 0.247 e. The number of fused-ring (bicyclic) bond motifs is 10. The molecule has 5 heteroatoms. The SMILES string of the molecule is CCCCCc1ccc(Nc2ccccc2-c2cc(-n3c4ccccc4c4ccccc43)c3c4ccccc4n4c3c2[B]c2oc3ccc(C)cc3c2-4)cc1. The minimum Gasteiger partial charge on any atom is -0.469 e. The molecule has 10 aromatic rings. The first-order chi connectivity index (χ1) is 27.2. The van der Waals surface area contributed by atoms with Crippen LogP contribution in [0.5, 0.6) is 0 Å². The van der Waals surface area contributed by atoms with Crippen molar-refractivity contribution in [2.24, 2.45) is 0 Å². The van der Waals surface area contributed by atoms with Gasteiger partial charge < -0.3 is 18.9 Å². The van der Waals surface area contributed by atoms with Crippen LogP contribution in [0.25, 0.3) is 77.1 Å². The molecule has 263 valence electrons. The van der Waals surface area contributed by atoms with E-state index in [2.05, 4.69) is 181 Å². The first kappa shape index (κ1) is 32.0. The fraction of sp³-hybridized carbons (Fsp3) is 0.120. The molecule has 7 aromatic carbocycles. The minimum absolute atomic E-state index is 0.880. The molecule has 0 aliphatic carbocycles. The number of aromatic nitrogens is 2. The molecule has 1 radical (unpaired) electrons. The number of unbranched alkanes of at least 4 members (excludes halogenated alkanes) is 2. The van der Waals surface area contributed by atoms with Crippen molar-refractivity contribution in [3.8, 4) is 22.5 Å². The van der Waals surface area contributed by atoms with Crippen LogP contribution >= 0.6 is 0 Å². The van der Waals surface area contributed by atoms with Gasteiger partial charge in [-0.3, -0.25) is 0 Å². The van der Waals surface area contributed by atoms with Crippen molar-refractivity contribution in [3.05, 3.63) is 157 Å². The molecule has 4 heterocycles. The summed E-state index contributed by atoms with van der Waals surface area (Å²) in [7, 11) is 2.29. The van der Waals surface area contributed by atoms with Gasteiger partial charge in [-0.05, 0) is 91.0 Å². The van der Waals surface area contributed by atoms with Gasteiger partial charge in [0.05, 0.1) is 39.1 Å². The maximum atomic E-state index is 6.74. The molecule has 0 saturated carbocycles. The number of rotatable bonds is 8. The monoisotopic (exact) mass is 708 g/mol. The van der Waals surface area contributed by atoms with Crippen molar-refractivity contribution in [3.63, 3.8) is 0 Å². The predicted molar refractivity (Wildman–Crippen MR) is 233 cm³/mol. The van der Waals surface area contributed by atoms with Crippen LogP contribution in [-0.4, -0.2) is 16.4 Å². The van der Waals surface area contributed by atoms with Crippen LogP contribution < -0.4 is 16.4 Å². The topological polar surface area (TPSA) is 35.0 Å². The number of nitrogens with zero attached hydrogens (tertiary/aromatic N) is 2. The lowest BCUT2D eigenvalue weighted by Crippen LogP contribution is -2.36. The zero-order valence-electron chi connectivity index (χ0n) is 31.1. The van der Waals surface area contributed by atoms with E-state index >= 15 is 0 Å². The standard InChI is InChI=1S/C50H39BN3O/c1-3-4-5-14-32-24-26-33(27-25-32)52-40-19-10-6-15-34(40)38-30-44(53-41-20-11-7-16-35(41)36-17-8-12-21-42(36)53)46-37-18-9-13-22-43(37)54-48-39-29-31(2)23-28-45(39)55-50(48)51-47(38)49(46)54/h6-13,15-30,52H,3-5,14H2,1-2H3. The third-order valence-corrected chi connectivity index (χ3v) is 11.6. The van der Waals surface area contributed by atoms with E-state index in [-0.39, 0.29) is 0 Å². The van der Waals surface area contributed by atoms with Crippen molar-refractivity contribution < 1.29 is 4.42 Å². The second kappa shape index (κ2) is 12.6. The summed E-state index contributed by atoms with van der Waals surface area (Å²) in [5, 5.41) is 9.91. The summed E-state index contributed by atoms with van der Waals surface area (Å²) in [6.45, 7) is 4.42. The Morgan fingerprint density at radius 2 is 1.29 bits per heavy atom. The minimum atomic E-state index is 0.880. The van der Waals surface area contributed by atoms with Crippen molar-refractivity contribution in [2.75, 3.05) is 5.32 Å². The number of para-hydroxylation sites is 4. The molecule has 1 aliphatic heterocycles. The normalized spacial score (nSPS) is 12.3. The Morgan fingerprint density at radius 3 is 2.04 bits per heavy atom. The van der Waals surface area contributed by atoms with E-state index in [1.807, 2.05) is 0 Å². The van der Waals surface area contributed by atoms with E-state index in [1.54, 1.807) is 0 Å². The summed E-state index contributed by atoms with van der Waals surface area (Å²) in [6, 6.07) is 53.2. The van der Waals surface area contributed by atoms with Gasteiger partial charge in [-0.15, -0.1) is 0 Å². The first-order valence-electron chi connectivity index (χ1n) is 19.6. The summed E-state index contributed by atoms with van der Waals surface area (Å²) >= 11 is 0. The molecule has 0 spiro atoms. The lowest BCUT2D eigenvalue weighted by atomic mass is 9.62. The molecule has 0 saturated heterocycles. The van der Waals surface area contributed by atoms with E-state index in [0.717, 1.165) is 62.4 Å². The van der Waals surface area contributed by atoms with Crippen LogP contribution in [0.1, 0.15) is 37.3 Å². The van der Waals surface area contributed by atoms with Gasteiger partial charge in [-0.1, -0.05) is 116 Å². The van der Waals surface area contributed by atoms with Crippen molar-refractivity contribution in [1.29, 1.82) is 0 Å². The lowest BCUT2D eigenvalue weighted by molar-refractivity contribution is 0.650. The molecule has 1 N–H and O–H groups in total. The van der Waals surface area contributed by atoms with Crippen LogP contribution in [0.3, 0.4) is 0 Å². The van der Waals surface area contributed by atoms with Gasteiger partial charge in [0.25, 0.3) is 0 Å². The average Bonchev–Trinajstić information content (AvgIpc) is 3.87. The quantitative estimate of drug-likeness (QED) is 0.126. The van der Waals surface area contributed by atoms with E-state index < -0.39 is 0 Å². The van der Waals surface area contributed by atoms with Gasteiger partial charge in [-0.25, -0.2) is 0 Å². The molecule has 0 atom stereocenters. The summed E-state index contributed by atoms with van der Waals surface area (Å²) in [6.07, 6.45) is 4.85. The fourth-order valence-corrected chi connectivity index (χ4v) is 9.12. The molecule has 4 nitrogen and oxygen atoms in total. The third kappa shape index (κ3) is 4.92. The van der Waals surface area contributed by atoms with E-state index in [0.29, 0.717) is 0 Å². The molecular formula is C50H39BN3O. The first-order valence-corrected chi connectivity index (χ1v) is 19.6. The Labute approximate surface area is 320 Å². The van der Waals surface area contributed by atoms with Gasteiger partial charge in [0.1, 0.15) is 5.58 Å². The van der Waals surface area contributed by atoms with Gasteiger partial charge in [-0.2, -0.15) is 0 Å². The van der Waals surface area contributed by atoms with Crippen molar-refractivity contribution in [2.45, 2.75) is 39.5 Å². The second-order valence-electron chi connectivity index (χ2n) is 15.1. The molecule has 3 aromatic heterocycles. The summed E-state index contributed by atoms with van der Waals surface area (Å²) in [5.74, 6) is 0. The molecular weight excluding hydrogens is 669 g/mol. The Morgan fingerprint density at radius 1 is 0.618 bits per heavy atom. The molecule has 0 fully saturated rings. The maximum absolute atomic E-state index is 6.74. The predicted octanol–water partition coefficient (Wildman–Crippen LogP) is 12.0. The number of nitrogens with one attached hydrogen (secondary N) is 1. The van der Waals surface area contributed by atoms with Gasteiger partial charge >= 0.3 is 0 Å². The Balaban J connectivity index is 1.23. The number of hydrogen-bond donors (Lipinski definition) is 1. The number of benzene rings is 7. The molecule has 0 bridgehead atoms.